The summed E-state index contributed by atoms with van der Waals surface area (Å²) in [4.78, 5) is 11.8. The maximum Gasteiger partial charge on any atom is 0.220 e. The molecule has 0 saturated heterocycles. The molecule has 0 aliphatic heterocycles. The van der Waals surface area contributed by atoms with Crippen molar-refractivity contribution in [1.82, 2.24) is 5.32 Å². The van der Waals surface area contributed by atoms with Gasteiger partial charge >= 0.3 is 0 Å². The van der Waals surface area contributed by atoms with Crippen LogP contribution in [0, 0.1) is 0 Å². The standard InChI is InChI=1S/C14H21BrN2O/c1-10(16)6-5-9-14(18)17-11(2)12-7-3-4-8-13(12)15/h3-4,7-8,10-11H,5-6,9,16H2,1-2H3,(H,17,18). The maximum absolute atomic E-state index is 11.8. The second-order valence-corrected chi connectivity index (χ2v) is 5.53. The number of amides is 1. The summed E-state index contributed by atoms with van der Waals surface area (Å²) >= 11 is 3.49. The van der Waals surface area contributed by atoms with Gasteiger partial charge in [-0.3, -0.25) is 4.79 Å². The van der Waals surface area contributed by atoms with Crippen molar-refractivity contribution in [3.05, 3.63) is 34.3 Å². The Hall–Kier alpha value is -0.870. The molecule has 1 aromatic rings. The third-order valence-electron chi connectivity index (χ3n) is 2.81. The Morgan fingerprint density at radius 1 is 1.39 bits per heavy atom. The lowest BCUT2D eigenvalue weighted by atomic mass is 10.1. The highest BCUT2D eigenvalue weighted by atomic mass is 79.9. The minimum atomic E-state index is 0.0170. The second-order valence-electron chi connectivity index (χ2n) is 4.68. The van der Waals surface area contributed by atoms with Crippen LogP contribution in [0.1, 0.15) is 44.7 Å². The fraction of sp³-hybridized carbons (Fsp3) is 0.500. The molecule has 1 rings (SSSR count). The first-order valence-electron chi connectivity index (χ1n) is 6.30. The summed E-state index contributed by atoms with van der Waals surface area (Å²) in [6, 6.07) is 8.11. The number of nitrogens with one attached hydrogen (secondary N) is 1. The van der Waals surface area contributed by atoms with E-state index in [1.54, 1.807) is 0 Å². The highest BCUT2D eigenvalue weighted by Gasteiger charge is 2.11. The van der Waals surface area contributed by atoms with Crippen molar-refractivity contribution in [3.63, 3.8) is 0 Å². The zero-order chi connectivity index (χ0) is 13.5. The first-order chi connectivity index (χ1) is 8.50. The fourth-order valence-electron chi connectivity index (χ4n) is 1.80. The molecule has 0 fully saturated rings. The van der Waals surface area contributed by atoms with Crippen LogP contribution >= 0.6 is 15.9 Å². The number of halogens is 1. The van der Waals surface area contributed by atoms with E-state index in [1.807, 2.05) is 38.1 Å². The van der Waals surface area contributed by atoms with E-state index in [0.717, 1.165) is 22.9 Å². The third kappa shape index (κ3) is 5.19. The van der Waals surface area contributed by atoms with Crippen molar-refractivity contribution in [2.75, 3.05) is 0 Å². The zero-order valence-electron chi connectivity index (χ0n) is 10.9. The van der Waals surface area contributed by atoms with Gasteiger partial charge in [0.1, 0.15) is 0 Å². The molecule has 0 aromatic heterocycles. The molecule has 3 N–H and O–H groups in total. The van der Waals surface area contributed by atoms with Gasteiger partial charge in [-0.15, -0.1) is 0 Å². The summed E-state index contributed by atoms with van der Waals surface area (Å²) in [5, 5.41) is 3.00. The van der Waals surface area contributed by atoms with Gasteiger partial charge in [0.2, 0.25) is 5.91 Å². The van der Waals surface area contributed by atoms with Crippen LogP contribution in [-0.2, 0) is 4.79 Å². The molecule has 0 aliphatic carbocycles. The number of carbonyl (C=O) groups excluding carboxylic acids is 1. The molecule has 1 aromatic carbocycles. The lowest BCUT2D eigenvalue weighted by Crippen LogP contribution is -2.27. The van der Waals surface area contributed by atoms with E-state index in [-0.39, 0.29) is 18.0 Å². The van der Waals surface area contributed by atoms with Crippen LogP contribution in [0.2, 0.25) is 0 Å². The van der Waals surface area contributed by atoms with Crippen molar-refractivity contribution in [1.29, 1.82) is 0 Å². The van der Waals surface area contributed by atoms with Crippen molar-refractivity contribution in [3.8, 4) is 0 Å². The summed E-state index contributed by atoms with van der Waals surface area (Å²) in [6.45, 7) is 3.95. The lowest BCUT2D eigenvalue weighted by molar-refractivity contribution is -0.121. The van der Waals surface area contributed by atoms with Crippen molar-refractivity contribution in [2.24, 2.45) is 5.73 Å². The fourth-order valence-corrected chi connectivity index (χ4v) is 2.43. The Kier molecular flexibility index (Phi) is 6.36. The molecular weight excluding hydrogens is 292 g/mol. The molecule has 0 bridgehead atoms. The maximum atomic E-state index is 11.8. The summed E-state index contributed by atoms with van der Waals surface area (Å²) in [5.41, 5.74) is 6.75. The zero-order valence-corrected chi connectivity index (χ0v) is 12.5. The summed E-state index contributed by atoms with van der Waals surface area (Å²) in [7, 11) is 0. The van der Waals surface area contributed by atoms with Gasteiger partial charge in [0.05, 0.1) is 6.04 Å². The highest BCUT2D eigenvalue weighted by molar-refractivity contribution is 9.10. The van der Waals surface area contributed by atoms with Gasteiger partial charge in [0, 0.05) is 16.9 Å². The Morgan fingerprint density at radius 2 is 2.06 bits per heavy atom. The molecule has 0 aliphatic rings. The predicted octanol–water partition coefficient (Wildman–Crippen LogP) is 3.14. The Morgan fingerprint density at radius 3 is 2.67 bits per heavy atom. The monoisotopic (exact) mass is 312 g/mol. The van der Waals surface area contributed by atoms with Crippen LogP contribution in [0.3, 0.4) is 0 Å². The smallest absolute Gasteiger partial charge is 0.220 e. The van der Waals surface area contributed by atoms with E-state index >= 15 is 0 Å². The number of rotatable bonds is 6. The second kappa shape index (κ2) is 7.54. The van der Waals surface area contributed by atoms with Crippen molar-refractivity contribution in [2.45, 2.75) is 45.2 Å². The average molecular weight is 313 g/mol. The molecule has 2 unspecified atom stereocenters. The summed E-state index contributed by atoms with van der Waals surface area (Å²) < 4.78 is 1.02. The van der Waals surface area contributed by atoms with Gasteiger partial charge in [0.25, 0.3) is 0 Å². The van der Waals surface area contributed by atoms with Crippen molar-refractivity contribution < 1.29 is 4.79 Å². The van der Waals surface area contributed by atoms with Crippen LogP contribution < -0.4 is 11.1 Å². The molecule has 0 saturated carbocycles. The Balaban J connectivity index is 2.42. The number of hydrogen-bond donors (Lipinski definition) is 2. The van der Waals surface area contributed by atoms with E-state index in [0.29, 0.717) is 6.42 Å². The van der Waals surface area contributed by atoms with Crippen LogP contribution in [0.25, 0.3) is 0 Å². The molecule has 100 valence electrons. The first-order valence-corrected chi connectivity index (χ1v) is 7.09. The number of hydrogen-bond acceptors (Lipinski definition) is 2. The van der Waals surface area contributed by atoms with E-state index in [1.165, 1.54) is 0 Å². The van der Waals surface area contributed by atoms with E-state index in [2.05, 4.69) is 21.2 Å². The number of nitrogens with two attached hydrogens (primary N) is 1. The molecule has 4 heteroatoms. The van der Waals surface area contributed by atoms with E-state index in [4.69, 9.17) is 5.73 Å². The topological polar surface area (TPSA) is 55.1 Å². The Bertz CT molecular complexity index is 393. The summed E-state index contributed by atoms with van der Waals surface area (Å²) in [6.07, 6.45) is 2.26. The molecular formula is C14H21BrN2O. The number of benzene rings is 1. The molecule has 18 heavy (non-hydrogen) atoms. The lowest BCUT2D eigenvalue weighted by Gasteiger charge is -2.16. The molecule has 0 spiro atoms. The molecule has 0 heterocycles. The van der Waals surface area contributed by atoms with Gasteiger partial charge in [-0.05, 0) is 38.3 Å². The highest BCUT2D eigenvalue weighted by Crippen LogP contribution is 2.22. The van der Waals surface area contributed by atoms with Crippen LogP contribution in [0.5, 0.6) is 0 Å². The van der Waals surface area contributed by atoms with Crippen molar-refractivity contribution >= 4 is 21.8 Å². The largest absolute Gasteiger partial charge is 0.350 e. The van der Waals surface area contributed by atoms with Gasteiger partial charge < -0.3 is 11.1 Å². The average Bonchev–Trinajstić information content (AvgIpc) is 2.28. The first kappa shape index (κ1) is 15.2. The van der Waals surface area contributed by atoms with Gasteiger partial charge in [0.15, 0.2) is 0 Å². The minimum absolute atomic E-state index is 0.0170. The van der Waals surface area contributed by atoms with Crippen LogP contribution in [0.15, 0.2) is 28.7 Å². The van der Waals surface area contributed by atoms with E-state index < -0.39 is 0 Å². The normalized spacial score (nSPS) is 14.0. The van der Waals surface area contributed by atoms with Crippen LogP contribution in [-0.4, -0.2) is 11.9 Å². The Labute approximate surface area is 117 Å². The third-order valence-corrected chi connectivity index (χ3v) is 3.53. The quantitative estimate of drug-likeness (QED) is 0.847. The number of carbonyl (C=O) groups is 1. The molecule has 1 amide bonds. The van der Waals surface area contributed by atoms with Crippen LogP contribution in [0.4, 0.5) is 0 Å². The van der Waals surface area contributed by atoms with Gasteiger partial charge in [-0.25, -0.2) is 0 Å². The molecule has 0 radical (unpaired) electrons. The molecule has 2 atom stereocenters. The van der Waals surface area contributed by atoms with Gasteiger partial charge in [-0.1, -0.05) is 34.1 Å². The molecule has 3 nitrogen and oxygen atoms in total. The minimum Gasteiger partial charge on any atom is -0.350 e. The predicted molar refractivity (Wildman–Crippen MR) is 78.2 cm³/mol. The van der Waals surface area contributed by atoms with Gasteiger partial charge in [-0.2, -0.15) is 0 Å². The van der Waals surface area contributed by atoms with E-state index in [9.17, 15) is 4.79 Å². The SMILES string of the molecule is CC(N)CCCC(=O)NC(C)c1ccccc1Br. The summed E-state index contributed by atoms with van der Waals surface area (Å²) in [5.74, 6) is 0.0823.